The van der Waals surface area contributed by atoms with Crippen molar-refractivity contribution in [3.05, 3.63) is 51.9 Å². The van der Waals surface area contributed by atoms with Crippen molar-refractivity contribution in [2.24, 2.45) is 11.8 Å². The third-order valence-electron chi connectivity index (χ3n) is 8.57. The second kappa shape index (κ2) is 10.6. The zero-order chi connectivity index (χ0) is 25.5. The first kappa shape index (κ1) is 25.2. The van der Waals surface area contributed by atoms with Gasteiger partial charge in [0.1, 0.15) is 18.3 Å². The second-order valence-electron chi connectivity index (χ2n) is 11.6. The van der Waals surface area contributed by atoms with Crippen LogP contribution in [0.4, 0.5) is 10.2 Å². The number of aromatic nitrogens is 2. The number of benzene rings is 1. The van der Waals surface area contributed by atoms with E-state index >= 15 is 0 Å². The lowest BCUT2D eigenvalue weighted by Gasteiger charge is -2.38. The SMILES string of the molecule is C[C@@H]1C[C@@H](F)c2ncnc(N3CCN(C(=O)[C@H](CN(CC4CC4)CC4CC4)c4ccc(Br)cc4)CC3)c21. The van der Waals surface area contributed by atoms with Gasteiger partial charge in [-0.1, -0.05) is 35.0 Å². The van der Waals surface area contributed by atoms with Crippen LogP contribution in [0, 0.1) is 11.8 Å². The first-order chi connectivity index (χ1) is 18.0. The molecule has 6 rings (SSSR count). The molecule has 1 saturated heterocycles. The molecule has 0 bridgehead atoms. The van der Waals surface area contributed by atoms with Crippen LogP contribution in [0.15, 0.2) is 35.1 Å². The van der Waals surface area contributed by atoms with Gasteiger partial charge in [0.15, 0.2) is 0 Å². The zero-order valence-corrected chi connectivity index (χ0v) is 23.2. The maximum absolute atomic E-state index is 14.5. The highest BCUT2D eigenvalue weighted by Crippen LogP contribution is 2.44. The van der Waals surface area contributed by atoms with Crippen molar-refractivity contribution < 1.29 is 9.18 Å². The molecule has 0 radical (unpaired) electrons. The number of rotatable bonds is 9. The average Bonchev–Trinajstić information content (AvgIpc) is 3.84. The third-order valence-corrected chi connectivity index (χ3v) is 9.10. The van der Waals surface area contributed by atoms with Gasteiger partial charge in [-0.25, -0.2) is 14.4 Å². The molecule has 1 aromatic heterocycles. The number of halogens is 2. The van der Waals surface area contributed by atoms with Crippen LogP contribution in [0.1, 0.15) is 73.9 Å². The highest BCUT2D eigenvalue weighted by molar-refractivity contribution is 9.10. The largest absolute Gasteiger partial charge is 0.353 e. The summed E-state index contributed by atoms with van der Waals surface area (Å²) in [6.07, 6.45) is 6.28. The quantitative estimate of drug-likeness (QED) is 0.409. The Morgan fingerprint density at radius 2 is 1.70 bits per heavy atom. The Balaban J connectivity index is 1.17. The molecular weight excluding hydrogens is 533 g/mol. The number of hydrogen-bond donors (Lipinski definition) is 0. The fourth-order valence-electron chi connectivity index (χ4n) is 6.11. The summed E-state index contributed by atoms with van der Waals surface area (Å²) in [6.45, 7) is 7.83. The van der Waals surface area contributed by atoms with Gasteiger partial charge in [0.25, 0.3) is 0 Å². The summed E-state index contributed by atoms with van der Waals surface area (Å²) >= 11 is 3.55. The summed E-state index contributed by atoms with van der Waals surface area (Å²) in [5.74, 6) is 2.66. The first-order valence-electron chi connectivity index (χ1n) is 14.0. The Bertz CT molecular complexity index is 1100. The number of fused-ring (bicyclic) bond motifs is 1. The lowest BCUT2D eigenvalue weighted by atomic mass is 9.96. The van der Waals surface area contributed by atoms with Crippen molar-refractivity contribution in [3.63, 3.8) is 0 Å². The molecular formula is C29H37BrFN5O. The Morgan fingerprint density at radius 3 is 2.32 bits per heavy atom. The van der Waals surface area contributed by atoms with Crippen molar-refractivity contribution in [2.45, 2.75) is 57.0 Å². The van der Waals surface area contributed by atoms with Crippen LogP contribution in [0.2, 0.25) is 0 Å². The number of carbonyl (C=O) groups is 1. The summed E-state index contributed by atoms with van der Waals surface area (Å²) < 4.78 is 15.5. The zero-order valence-electron chi connectivity index (χ0n) is 21.7. The third kappa shape index (κ3) is 5.70. The number of anilines is 1. The van der Waals surface area contributed by atoms with Gasteiger partial charge in [0.05, 0.1) is 11.6 Å². The van der Waals surface area contributed by atoms with E-state index in [4.69, 9.17) is 0 Å². The molecule has 3 atom stereocenters. The van der Waals surface area contributed by atoms with Gasteiger partial charge in [-0.3, -0.25) is 4.79 Å². The average molecular weight is 571 g/mol. The molecule has 0 N–H and O–H groups in total. The molecule has 1 amide bonds. The smallest absolute Gasteiger partial charge is 0.231 e. The number of piperazine rings is 1. The molecule has 3 aliphatic carbocycles. The maximum atomic E-state index is 14.5. The Kier molecular flexibility index (Phi) is 7.23. The molecule has 6 nitrogen and oxygen atoms in total. The molecule has 0 spiro atoms. The molecule has 2 aromatic rings. The lowest BCUT2D eigenvalue weighted by Crippen LogP contribution is -2.51. The minimum absolute atomic E-state index is 0.117. The summed E-state index contributed by atoms with van der Waals surface area (Å²) in [7, 11) is 0. The van der Waals surface area contributed by atoms with Crippen LogP contribution in [0.5, 0.6) is 0 Å². The molecule has 1 aromatic carbocycles. The van der Waals surface area contributed by atoms with E-state index in [1.54, 1.807) is 0 Å². The van der Waals surface area contributed by atoms with Crippen molar-refractivity contribution in [1.82, 2.24) is 19.8 Å². The fraction of sp³-hybridized carbons (Fsp3) is 0.621. The van der Waals surface area contributed by atoms with Crippen LogP contribution < -0.4 is 4.90 Å². The predicted octanol–water partition coefficient (Wildman–Crippen LogP) is 5.31. The predicted molar refractivity (Wildman–Crippen MR) is 146 cm³/mol. The molecule has 198 valence electrons. The minimum atomic E-state index is -1.00. The number of alkyl halides is 1. The van der Waals surface area contributed by atoms with Gasteiger partial charge in [-0.05, 0) is 67.6 Å². The van der Waals surface area contributed by atoms with Gasteiger partial charge < -0.3 is 14.7 Å². The summed E-state index contributed by atoms with van der Waals surface area (Å²) in [5.41, 5.74) is 2.61. The van der Waals surface area contributed by atoms with Gasteiger partial charge in [0.2, 0.25) is 5.91 Å². The first-order valence-corrected chi connectivity index (χ1v) is 14.8. The molecule has 2 saturated carbocycles. The summed E-state index contributed by atoms with van der Waals surface area (Å²) in [5, 5.41) is 0. The summed E-state index contributed by atoms with van der Waals surface area (Å²) in [6, 6.07) is 8.31. The molecule has 8 heteroatoms. The number of hydrogen-bond acceptors (Lipinski definition) is 5. The van der Waals surface area contributed by atoms with Gasteiger partial charge in [-0.2, -0.15) is 0 Å². The van der Waals surface area contributed by atoms with Gasteiger partial charge in [0, 0.05) is 55.8 Å². The van der Waals surface area contributed by atoms with Crippen molar-refractivity contribution in [2.75, 3.05) is 50.7 Å². The summed E-state index contributed by atoms with van der Waals surface area (Å²) in [4.78, 5) is 29.7. The number of nitrogens with zero attached hydrogens (tertiary/aromatic N) is 5. The maximum Gasteiger partial charge on any atom is 0.231 e. The molecule has 3 fully saturated rings. The Morgan fingerprint density at radius 1 is 1.05 bits per heavy atom. The van der Waals surface area contributed by atoms with Crippen molar-refractivity contribution in [1.29, 1.82) is 0 Å². The Hall–Kier alpha value is -2.06. The number of carbonyl (C=O) groups excluding carboxylic acids is 1. The highest BCUT2D eigenvalue weighted by atomic mass is 79.9. The van der Waals surface area contributed by atoms with Crippen LogP contribution in [0.3, 0.4) is 0 Å². The van der Waals surface area contributed by atoms with Crippen LogP contribution >= 0.6 is 15.9 Å². The topological polar surface area (TPSA) is 52.6 Å². The highest BCUT2D eigenvalue weighted by Gasteiger charge is 2.37. The lowest BCUT2D eigenvalue weighted by molar-refractivity contribution is -0.133. The number of amides is 1. The molecule has 4 aliphatic rings. The van der Waals surface area contributed by atoms with E-state index in [0.717, 1.165) is 52.9 Å². The van der Waals surface area contributed by atoms with E-state index in [1.807, 2.05) is 4.90 Å². The fourth-order valence-corrected chi connectivity index (χ4v) is 6.37. The normalized spacial score (nSPS) is 24.4. The van der Waals surface area contributed by atoms with E-state index < -0.39 is 6.17 Å². The van der Waals surface area contributed by atoms with E-state index in [-0.39, 0.29) is 17.7 Å². The van der Waals surface area contributed by atoms with E-state index in [9.17, 15) is 9.18 Å². The van der Waals surface area contributed by atoms with E-state index in [0.29, 0.717) is 38.3 Å². The molecule has 1 aliphatic heterocycles. The minimum Gasteiger partial charge on any atom is -0.353 e. The van der Waals surface area contributed by atoms with E-state index in [2.05, 4.69) is 66.9 Å². The van der Waals surface area contributed by atoms with E-state index in [1.165, 1.54) is 32.0 Å². The van der Waals surface area contributed by atoms with Gasteiger partial charge >= 0.3 is 0 Å². The molecule has 2 heterocycles. The second-order valence-corrected chi connectivity index (χ2v) is 12.5. The van der Waals surface area contributed by atoms with Crippen molar-refractivity contribution >= 4 is 27.7 Å². The molecule has 37 heavy (non-hydrogen) atoms. The van der Waals surface area contributed by atoms with Crippen molar-refractivity contribution in [3.8, 4) is 0 Å². The van der Waals surface area contributed by atoms with Crippen LogP contribution in [0.25, 0.3) is 0 Å². The Labute approximate surface area is 227 Å². The molecule has 0 unspecified atom stereocenters. The van der Waals surface area contributed by atoms with Gasteiger partial charge in [-0.15, -0.1) is 0 Å². The standard InChI is InChI=1S/C29H37BrFN5O/c1-19-14-25(31)27-26(19)28(33-18-32-27)35-10-12-36(13-11-35)29(37)24(22-6-8-23(30)9-7-22)17-34(15-20-2-3-20)16-21-4-5-21/h6-9,18-21,24-25H,2-5,10-17H2,1H3/t19-,24-,25-/m1/s1. The van der Waals surface area contributed by atoms with Crippen LogP contribution in [-0.2, 0) is 4.79 Å². The monoisotopic (exact) mass is 569 g/mol. The van der Waals surface area contributed by atoms with Crippen LogP contribution in [-0.4, -0.2) is 71.5 Å².